The molecule has 0 aliphatic rings. The van der Waals surface area contributed by atoms with Crippen LogP contribution in [0, 0.1) is 0 Å². The van der Waals surface area contributed by atoms with Crippen molar-refractivity contribution in [3.05, 3.63) is 48.0 Å². The molecule has 0 saturated heterocycles. The lowest BCUT2D eigenvalue weighted by Gasteiger charge is -2.10. The minimum Gasteiger partial charge on any atom is -0.299 e. The first-order valence-corrected chi connectivity index (χ1v) is 5.59. The molecule has 0 aliphatic heterocycles. The van der Waals surface area contributed by atoms with Crippen molar-refractivity contribution < 1.29 is 4.79 Å². The van der Waals surface area contributed by atoms with Crippen LogP contribution in [0.25, 0.3) is 0 Å². The molecular weight excluding hydrogens is 214 g/mol. The van der Waals surface area contributed by atoms with Crippen LogP contribution in [0.2, 0.25) is 0 Å². The Kier molecular flexibility index (Phi) is 3.32. The van der Waals surface area contributed by atoms with E-state index in [0.717, 1.165) is 5.56 Å². The maximum atomic E-state index is 12.1. The summed E-state index contributed by atoms with van der Waals surface area (Å²) in [4.78, 5) is 16.1. The second-order valence-electron chi connectivity index (χ2n) is 4.08. The predicted octanol–water partition coefficient (Wildman–Crippen LogP) is 1.73. The van der Waals surface area contributed by atoms with Crippen LogP contribution in [0.4, 0.5) is 0 Å². The van der Waals surface area contributed by atoms with E-state index in [2.05, 4.69) is 10.1 Å². The highest BCUT2D eigenvalue weighted by atomic mass is 16.1. The molecule has 1 heterocycles. The summed E-state index contributed by atoms with van der Waals surface area (Å²) < 4.78 is 1.63. The number of hydrogen-bond donors (Lipinski definition) is 0. The summed E-state index contributed by atoms with van der Waals surface area (Å²) in [6.07, 6.45) is 1.79. The molecule has 0 amide bonds. The maximum absolute atomic E-state index is 12.1. The monoisotopic (exact) mass is 229 g/mol. The first-order chi connectivity index (χ1) is 8.18. The first-order valence-electron chi connectivity index (χ1n) is 5.59. The number of carbonyl (C=O) groups excluding carboxylic acids is 1. The van der Waals surface area contributed by atoms with Gasteiger partial charge in [0.1, 0.15) is 17.9 Å². The highest BCUT2D eigenvalue weighted by Gasteiger charge is 2.17. The molecule has 17 heavy (non-hydrogen) atoms. The summed E-state index contributed by atoms with van der Waals surface area (Å²) in [5, 5.41) is 3.96. The van der Waals surface area contributed by atoms with Gasteiger partial charge in [0.25, 0.3) is 0 Å². The van der Waals surface area contributed by atoms with Gasteiger partial charge in [-0.3, -0.25) is 9.48 Å². The second-order valence-corrected chi connectivity index (χ2v) is 4.08. The number of Topliss-reactive ketones (excluding diaryl/α,β-unsaturated/α-hetero) is 1. The highest BCUT2D eigenvalue weighted by molar-refractivity contribution is 5.86. The molecule has 0 N–H and O–H groups in total. The Morgan fingerprint density at radius 2 is 2.06 bits per heavy atom. The number of rotatable bonds is 4. The Labute approximate surface area is 100 Å². The molecule has 1 atom stereocenters. The molecular formula is C13H15N3O. The van der Waals surface area contributed by atoms with Crippen LogP contribution in [0.3, 0.4) is 0 Å². The fourth-order valence-electron chi connectivity index (χ4n) is 1.72. The Balaban J connectivity index is 2.09. The number of nitrogens with zero attached hydrogens (tertiary/aromatic N) is 3. The molecule has 2 rings (SSSR count). The number of aryl methyl sites for hydroxylation is 1. The van der Waals surface area contributed by atoms with Gasteiger partial charge in [0.05, 0.1) is 6.42 Å². The molecule has 0 aliphatic carbocycles. The quantitative estimate of drug-likeness (QED) is 0.802. The molecule has 88 valence electrons. The van der Waals surface area contributed by atoms with Crippen molar-refractivity contribution in [3.8, 4) is 0 Å². The van der Waals surface area contributed by atoms with Crippen molar-refractivity contribution in [2.45, 2.75) is 19.3 Å². The fourth-order valence-corrected chi connectivity index (χ4v) is 1.72. The summed E-state index contributed by atoms with van der Waals surface area (Å²) in [6.45, 7) is 1.92. The molecule has 2 aromatic rings. The Hall–Kier alpha value is -1.97. The lowest BCUT2D eigenvalue weighted by Crippen LogP contribution is -2.15. The van der Waals surface area contributed by atoms with Crippen molar-refractivity contribution in [1.82, 2.24) is 14.8 Å². The van der Waals surface area contributed by atoms with Gasteiger partial charge in [-0.05, 0) is 5.56 Å². The summed E-state index contributed by atoms with van der Waals surface area (Å²) >= 11 is 0. The van der Waals surface area contributed by atoms with Gasteiger partial charge in [0.15, 0.2) is 0 Å². The largest absolute Gasteiger partial charge is 0.299 e. The third kappa shape index (κ3) is 2.58. The molecule has 0 radical (unpaired) electrons. The van der Waals surface area contributed by atoms with Crippen LogP contribution < -0.4 is 0 Å². The van der Waals surface area contributed by atoms with Gasteiger partial charge in [-0.15, -0.1) is 0 Å². The average Bonchev–Trinajstić information content (AvgIpc) is 2.75. The SMILES string of the molecule is CC(C(=O)Cc1ncnn1C)c1ccccc1. The van der Waals surface area contributed by atoms with E-state index in [9.17, 15) is 4.79 Å². The van der Waals surface area contributed by atoms with Gasteiger partial charge in [-0.1, -0.05) is 37.3 Å². The topological polar surface area (TPSA) is 47.8 Å². The number of ketones is 1. The summed E-state index contributed by atoms with van der Waals surface area (Å²) in [6, 6.07) is 9.78. The smallest absolute Gasteiger partial charge is 0.147 e. The number of carbonyl (C=O) groups is 1. The molecule has 1 unspecified atom stereocenters. The predicted molar refractivity (Wildman–Crippen MR) is 64.6 cm³/mol. The molecule has 0 bridgehead atoms. The van der Waals surface area contributed by atoms with Crippen molar-refractivity contribution in [2.24, 2.45) is 7.05 Å². The Bertz CT molecular complexity index is 504. The van der Waals surface area contributed by atoms with Crippen LogP contribution >= 0.6 is 0 Å². The summed E-state index contributed by atoms with van der Waals surface area (Å²) in [5.74, 6) is 0.762. The van der Waals surface area contributed by atoms with Crippen molar-refractivity contribution in [1.29, 1.82) is 0 Å². The maximum Gasteiger partial charge on any atom is 0.147 e. The van der Waals surface area contributed by atoms with E-state index in [-0.39, 0.29) is 11.7 Å². The van der Waals surface area contributed by atoms with E-state index in [4.69, 9.17) is 0 Å². The van der Waals surface area contributed by atoms with Crippen molar-refractivity contribution in [2.75, 3.05) is 0 Å². The molecule has 0 fully saturated rings. The fraction of sp³-hybridized carbons (Fsp3) is 0.308. The van der Waals surface area contributed by atoms with E-state index in [1.165, 1.54) is 6.33 Å². The molecule has 0 spiro atoms. The molecule has 4 heteroatoms. The number of hydrogen-bond acceptors (Lipinski definition) is 3. The lowest BCUT2D eigenvalue weighted by molar-refractivity contribution is -0.119. The molecule has 4 nitrogen and oxygen atoms in total. The van der Waals surface area contributed by atoms with Gasteiger partial charge >= 0.3 is 0 Å². The average molecular weight is 229 g/mol. The molecule has 1 aromatic heterocycles. The van der Waals surface area contributed by atoms with Crippen LogP contribution in [0.15, 0.2) is 36.7 Å². The molecule has 1 aromatic carbocycles. The minimum absolute atomic E-state index is 0.104. The van der Waals surface area contributed by atoms with Gasteiger partial charge in [0, 0.05) is 13.0 Å². The zero-order chi connectivity index (χ0) is 12.3. The van der Waals surface area contributed by atoms with E-state index < -0.39 is 0 Å². The second kappa shape index (κ2) is 4.91. The normalized spacial score (nSPS) is 12.4. The highest BCUT2D eigenvalue weighted by Crippen LogP contribution is 2.17. The van der Waals surface area contributed by atoms with Crippen LogP contribution in [0.1, 0.15) is 24.2 Å². The van der Waals surface area contributed by atoms with E-state index in [1.807, 2.05) is 37.3 Å². The minimum atomic E-state index is -0.104. The standard InChI is InChI=1S/C13H15N3O/c1-10(11-6-4-3-5-7-11)12(17)8-13-14-9-15-16(13)2/h3-7,9-10H,8H2,1-2H3. The van der Waals surface area contributed by atoms with E-state index in [1.54, 1.807) is 11.7 Å². The lowest BCUT2D eigenvalue weighted by atomic mass is 9.95. The summed E-state index contributed by atoms with van der Waals surface area (Å²) in [5.41, 5.74) is 1.04. The van der Waals surface area contributed by atoms with Crippen LogP contribution in [-0.4, -0.2) is 20.5 Å². The Morgan fingerprint density at radius 1 is 1.35 bits per heavy atom. The summed E-state index contributed by atoms with van der Waals surface area (Å²) in [7, 11) is 1.79. The van der Waals surface area contributed by atoms with Crippen LogP contribution in [-0.2, 0) is 18.3 Å². The van der Waals surface area contributed by atoms with Crippen molar-refractivity contribution in [3.63, 3.8) is 0 Å². The Morgan fingerprint density at radius 3 is 2.65 bits per heavy atom. The number of benzene rings is 1. The first kappa shape index (κ1) is 11.5. The van der Waals surface area contributed by atoms with Gasteiger partial charge in [-0.25, -0.2) is 4.98 Å². The number of aromatic nitrogens is 3. The van der Waals surface area contributed by atoms with Gasteiger partial charge in [-0.2, -0.15) is 5.10 Å². The zero-order valence-corrected chi connectivity index (χ0v) is 10.00. The third-order valence-corrected chi connectivity index (χ3v) is 2.92. The zero-order valence-electron chi connectivity index (χ0n) is 10.00. The van der Waals surface area contributed by atoms with Crippen molar-refractivity contribution >= 4 is 5.78 Å². The van der Waals surface area contributed by atoms with E-state index in [0.29, 0.717) is 12.2 Å². The third-order valence-electron chi connectivity index (χ3n) is 2.92. The van der Waals surface area contributed by atoms with E-state index >= 15 is 0 Å². The van der Waals surface area contributed by atoms with Crippen LogP contribution in [0.5, 0.6) is 0 Å². The molecule has 0 saturated carbocycles. The van der Waals surface area contributed by atoms with Gasteiger partial charge < -0.3 is 0 Å². The van der Waals surface area contributed by atoms with Gasteiger partial charge in [0.2, 0.25) is 0 Å².